The van der Waals surface area contributed by atoms with E-state index in [0.717, 1.165) is 0 Å². The summed E-state index contributed by atoms with van der Waals surface area (Å²) in [6.45, 7) is 0. The van der Waals surface area contributed by atoms with E-state index < -0.39 is 29.3 Å². The third-order valence-electron chi connectivity index (χ3n) is 2.45. The van der Waals surface area contributed by atoms with Crippen molar-refractivity contribution in [2.45, 2.75) is 6.18 Å². The average molecular weight is 299 g/mol. The maximum atomic E-state index is 13.4. The van der Waals surface area contributed by atoms with Gasteiger partial charge in [0.2, 0.25) is 0 Å². The van der Waals surface area contributed by atoms with Gasteiger partial charge < -0.3 is 5.32 Å². The fourth-order valence-corrected chi connectivity index (χ4v) is 1.50. The zero-order valence-corrected chi connectivity index (χ0v) is 10.4. The van der Waals surface area contributed by atoms with Gasteiger partial charge in [0.15, 0.2) is 0 Å². The number of carbonyl (C=O) groups is 1. The van der Waals surface area contributed by atoms with Gasteiger partial charge in [-0.25, -0.2) is 14.2 Å². The molecule has 2 aromatic rings. The molecule has 0 aliphatic carbocycles. The third kappa shape index (κ3) is 3.91. The topological polar surface area (TPSA) is 54.0 Å². The number of hydrogen-bond donors (Lipinski definition) is 2. The summed E-state index contributed by atoms with van der Waals surface area (Å²) in [4.78, 5) is 15.4. The molecule has 1 aromatic carbocycles. The maximum absolute atomic E-state index is 13.4. The quantitative estimate of drug-likeness (QED) is 0.827. The second-order valence-corrected chi connectivity index (χ2v) is 3.99. The lowest BCUT2D eigenvalue weighted by atomic mass is 10.2. The number of carbonyl (C=O) groups excluding carboxylic acids is 1. The van der Waals surface area contributed by atoms with E-state index in [9.17, 15) is 22.4 Å². The van der Waals surface area contributed by atoms with Crippen molar-refractivity contribution in [2.75, 3.05) is 10.6 Å². The largest absolute Gasteiger partial charge is 0.416 e. The fourth-order valence-electron chi connectivity index (χ4n) is 1.50. The monoisotopic (exact) mass is 299 g/mol. The molecule has 0 aliphatic heterocycles. The first-order chi connectivity index (χ1) is 9.86. The Balaban J connectivity index is 2.14. The zero-order valence-electron chi connectivity index (χ0n) is 10.4. The molecule has 0 spiro atoms. The highest BCUT2D eigenvalue weighted by molar-refractivity contribution is 5.99. The van der Waals surface area contributed by atoms with Gasteiger partial charge in [0, 0.05) is 6.20 Å². The van der Waals surface area contributed by atoms with Crippen LogP contribution in [0.5, 0.6) is 0 Å². The Morgan fingerprint density at radius 2 is 1.86 bits per heavy atom. The van der Waals surface area contributed by atoms with Crippen LogP contribution < -0.4 is 10.6 Å². The molecule has 2 N–H and O–H groups in total. The summed E-state index contributed by atoms with van der Waals surface area (Å²) < 4.78 is 51.0. The van der Waals surface area contributed by atoms with Crippen LogP contribution in [0.3, 0.4) is 0 Å². The van der Waals surface area contributed by atoms with Gasteiger partial charge in [-0.1, -0.05) is 6.07 Å². The highest BCUT2D eigenvalue weighted by atomic mass is 19.4. The lowest BCUT2D eigenvalue weighted by molar-refractivity contribution is -0.137. The summed E-state index contributed by atoms with van der Waals surface area (Å²) in [7, 11) is 0. The van der Waals surface area contributed by atoms with Crippen molar-refractivity contribution in [1.82, 2.24) is 4.98 Å². The predicted molar refractivity (Wildman–Crippen MR) is 68.3 cm³/mol. The molecule has 0 atom stereocenters. The van der Waals surface area contributed by atoms with Crippen LogP contribution in [0.15, 0.2) is 42.6 Å². The van der Waals surface area contributed by atoms with Gasteiger partial charge in [0.25, 0.3) is 0 Å². The standard InChI is InChI=1S/C13H9F4N3O/c14-9-5-4-8(13(15,16)17)7-10(9)19-12(21)20-11-3-1-2-6-18-11/h1-7H,(H2,18,19,20,21). The van der Waals surface area contributed by atoms with Crippen LogP contribution in [-0.2, 0) is 6.18 Å². The Bertz CT molecular complexity index is 644. The van der Waals surface area contributed by atoms with Crippen LogP contribution in [-0.4, -0.2) is 11.0 Å². The minimum absolute atomic E-state index is 0.183. The normalized spacial score (nSPS) is 11.0. The smallest absolute Gasteiger partial charge is 0.305 e. The molecule has 0 bridgehead atoms. The fraction of sp³-hybridized carbons (Fsp3) is 0.0769. The molecular formula is C13H9F4N3O. The summed E-state index contributed by atoms with van der Waals surface area (Å²) >= 11 is 0. The number of alkyl halides is 3. The number of benzene rings is 1. The van der Waals surface area contributed by atoms with Crippen molar-refractivity contribution in [3.8, 4) is 0 Å². The van der Waals surface area contributed by atoms with E-state index in [4.69, 9.17) is 0 Å². The summed E-state index contributed by atoms with van der Waals surface area (Å²) in [6.07, 6.45) is -3.21. The number of nitrogens with zero attached hydrogens (tertiary/aromatic N) is 1. The number of rotatable bonds is 2. The van der Waals surface area contributed by atoms with Gasteiger partial charge in [-0.2, -0.15) is 13.2 Å². The van der Waals surface area contributed by atoms with E-state index in [-0.39, 0.29) is 5.82 Å². The number of pyridine rings is 1. The van der Waals surface area contributed by atoms with Crippen LogP contribution in [0.2, 0.25) is 0 Å². The molecule has 0 radical (unpaired) electrons. The van der Waals surface area contributed by atoms with Gasteiger partial charge in [-0.05, 0) is 30.3 Å². The van der Waals surface area contributed by atoms with Crippen molar-refractivity contribution >= 4 is 17.5 Å². The first-order valence-electron chi connectivity index (χ1n) is 5.72. The molecule has 0 saturated heterocycles. The maximum Gasteiger partial charge on any atom is 0.416 e. The molecule has 4 nitrogen and oxygen atoms in total. The molecule has 0 aliphatic rings. The number of hydrogen-bond acceptors (Lipinski definition) is 2. The SMILES string of the molecule is O=C(Nc1ccccn1)Nc1cc(C(F)(F)F)ccc1F. The van der Waals surface area contributed by atoms with E-state index in [1.807, 2.05) is 5.32 Å². The number of halogens is 4. The predicted octanol–water partition coefficient (Wildman–Crippen LogP) is 3.88. The summed E-state index contributed by atoms with van der Waals surface area (Å²) in [5.74, 6) is -0.790. The van der Waals surface area contributed by atoms with Gasteiger partial charge in [0.1, 0.15) is 11.6 Å². The average Bonchev–Trinajstić information content (AvgIpc) is 2.41. The van der Waals surface area contributed by atoms with Crippen molar-refractivity contribution in [3.05, 3.63) is 54.0 Å². The molecule has 21 heavy (non-hydrogen) atoms. The first kappa shape index (κ1) is 14.8. The summed E-state index contributed by atoms with van der Waals surface area (Å²) in [5.41, 5.74) is -1.63. The van der Waals surface area contributed by atoms with Gasteiger partial charge >= 0.3 is 12.2 Å². The lowest BCUT2D eigenvalue weighted by Crippen LogP contribution is -2.21. The van der Waals surface area contributed by atoms with Crippen LogP contribution in [0.4, 0.5) is 33.9 Å². The van der Waals surface area contributed by atoms with Crippen LogP contribution in [0.25, 0.3) is 0 Å². The van der Waals surface area contributed by atoms with Crippen molar-refractivity contribution in [3.63, 3.8) is 0 Å². The zero-order chi connectivity index (χ0) is 15.5. The van der Waals surface area contributed by atoms with Gasteiger partial charge in [-0.15, -0.1) is 0 Å². The molecule has 0 saturated carbocycles. The van der Waals surface area contributed by atoms with Crippen molar-refractivity contribution in [1.29, 1.82) is 0 Å². The minimum Gasteiger partial charge on any atom is -0.305 e. The molecule has 8 heteroatoms. The van der Waals surface area contributed by atoms with Crippen molar-refractivity contribution in [2.24, 2.45) is 0 Å². The molecule has 110 valence electrons. The molecule has 0 fully saturated rings. The molecule has 2 rings (SSSR count). The lowest BCUT2D eigenvalue weighted by Gasteiger charge is -2.11. The summed E-state index contributed by atoms with van der Waals surface area (Å²) in [6, 6.07) is 5.56. The Morgan fingerprint density at radius 1 is 1.10 bits per heavy atom. The first-order valence-corrected chi connectivity index (χ1v) is 5.72. The molecular weight excluding hydrogens is 290 g/mol. The van der Waals surface area contributed by atoms with Gasteiger partial charge in [0.05, 0.1) is 11.3 Å². The Kier molecular flexibility index (Phi) is 4.06. The highest BCUT2D eigenvalue weighted by Gasteiger charge is 2.31. The Hall–Kier alpha value is -2.64. The van der Waals surface area contributed by atoms with Crippen molar-refractivity contribution < 1.29 is 22.4 Å². The van der Waals surface area contributed by atoms with E-state index in [2.05, 4.69) is 10.3 Å². The Labute approximate surface area is 116 Å². The minimum atomic E-state index is -4.62. The van der Waals surface area contributed by atoms with Crippen LogP contribution in [0, 0.1) is 5.82 Å². The van der Waals surface area contributed by atoms with E-state index in [1.54, 1.807) is 12.1 Å². The Morgan fingerprint density at radius 3 is 2.48 bits per heavy atom. The van der Waals surface area contributed by atoms with E-state index in [1.165, 1.54) is 12.3 Å². The molecule has 0 unspecified atom stereocenters. The molecule has 2 amide bonds. The van der Waals surface area contributed by atoms with Crippen LogP contribution in [0.1, 0.15) is 5.56 Å². The van der Waals surface area contributed by atoms with E-state index >= 15 is 0 Å². The number of nitrogens with one attached hydrogen (secondary N) is 2. The molecule has 1 aromatic heterocycles. The number of urea groups is 1. The molecule has 1 heterocycles. The number of aromatic nitrogens is 1. The summed E-state index contributed by atoms with van der Waals surface area (Å²) in [5, 5.41) is 4.27. The highest BCUT2D eigenvalue weighted by Crippen LogP contribution is 2.31. The van der Waals surface area contributed by atoms with E-state index in [0.29, 0.717) is 18.2 Å². The number of anilines is 2. The second-order valence-electron chi connectivity index (χ2n) is 3.99. The van der Waals surface area contributed by atoms with Crippen LogP contribution >= 0.6 is 0 Å². The number of amides is 2. The second kappa shape index (κ2) is 5.78. The third-order valence-corrected chi connectivity index (χ3v) is 2.45. The van der Waals surface area contributed by atoms with Gasteiger partial charge in [-0.3, -0.25) is 5.32 Å².